The average molecular weight is 374 g/mol. The first kappa shape index (κ1) is 18.0. The molecule has 1 heterocycles. The molecule has 28 heavy (non-hydrogen) atoms. The van der Waals surface area contributed by atoms with Gasteiger partial charge in [0.1, 0.15) is 5.75 Å². The van der Waals surface area contributed by atoms with Crippen LogP contribution in [0.25, 0.3) is 0 Å². The van der Waals surface area contributed by atoms with E-state index in [0.29, 0.717) is 23.8 Å². The van der Waals surface area contributed by atoms with E-state index in [-0.39, 0.29) is 11.8 Å². The Morgan fingerprint density at radius 2 is 1.79 bits per heavy atom. The highest BCUT2D eigenvalue weighted by Gasteiger charge is 2.34. The number of benzene rings is 2. The van der Waals surface area contributed by atoms with Crippen molar-refractivity contribution < 1.29 is 14.3 Å². The predicted octanol–water partition coefficient (Wildman–Crippen LogP) is 4.83. The lowest BCUT2D eigenvalue weighted by molar-refractivity contribution is -0.119. The first-order valence-electron chi connectivity index (χ1n) is 9.36. The Bertz CT molecular complexity index is 938. The van der Waals surface area contributed by atoms with Gasteiger partial charge >= 0.3 is 0 Å². The quantitative estimate of drug-likeness (QED) is 0.595. The molecule has 2 aromatic carbocycles. The van der Waals surface area contributed by atoms with E-state index >= 15 is 0 Å². The molecule has 5 heteroatoms. The summed E-state index contributed by atoms with van der Waals surface area (Å²) in [5.74, 6) is 2.32. The number of anilines is 1. The van der Waals surface area contributed by atoms with E-state index in [4.69, 9.17) is 9.47 Å². The summed E-state index contributed by atoms with van der Waals surface area (Å²) in [7, 11) is 1.62. The van der Waals surface area contributed by atoms with Crippen LogP contribution in [0.2, 0.25) is 0 Å². The van der Waals surface area contributed by atoms with Gasteiger partial charge in [-0.2, -0.15) is 0 Å². The summed E-state index contributed by atoms with van der Waals surface area (Å²) < 4.78 is 11.3. The largest absolute Gasteiger partial charge is 0.493 e. The highest BCUT2D eigenvalue weighted by molar-refractivity contribution is 5.96. The molecule has 1 aliphatic rings. The number of para-hydroxylation sites is 2. The maximum Gasteiger partial charge on any atom is 0.230 e. The Hall–Kier alpha value is -3.34. The first-order chi connectivity index (χ1) is 13.7. The molecule has 0 N–H and O–H groups in total. The summed E-state index contributed by atoms with van der Waals surface area (Å²) >= 11 is 0. The number of hydrogen-bond acceptors (Lipinski definition) is 4. The van der Waals surface area contributed by atoms with Crippen molar-refractivity contribution in [3.63, 3.8) is 0 Å². The van der Waals surface area contributed by atoms with E-state index in [1.54, 1.807) is 19.5 Å². The van der Waals surface area contributed by atoms with Crippen molar-refractivity contribution in [1.82, 2.24) is 4.98 Å². The van der Waals surface area contributed by atoms with Crippen LogP contribution in [-0.4, -0.2) is 18.0 Å². The molecule has 3 aromatic rings. The fraction of sp³-hybridized carbons (Fsp3) is 0.217. The zero-order valence-electron chi connectivity index (χ0n) is 15.7. The van der Waals surface area contributed by atoms with Gasteiger partial charge in [0.25, 0.3) is 0 Å². The van der Waals surface area contributed by atoms with Gasteiger partial charge in [-0.15, -0.1) is 0 Å². The molecule has 5 nitrogen and oxygen atoms in total. The maximum atomic E-state index is 12.8. The monoisotopic (exact) mass is 374 g/mol. The standard InChI is InChI=1S/C23H22N2O3/c1-27-21-6-2-3-7-22(21)28-20-12-10-19(11-13-20)25(23(26)18-8-9-18)16-17-5-4-14-24-15-17/h2-7,10-15,18H,8-9,16H2,1H3. The van der Waals surface area contributed by atoms with Crippen molar-refractivity contribution in [1.29, 1.82) is 0 Å². The SMILES string of the molecule is COc1ccccc1Oc1ccc(N(Cc2cccnc2)C(=O)C2CC2)cc1. The van der Waals surface area contributed by atoms with Gasteiger partial charge in [0, 0.05) is 24.0 Å². The Morgan fingerprint density at radius 1 is 1.04 bits per heavy atom. The zero-order chi connectivity index (χ0) is 19.3. The fourth-order valence-corrected chi connectivity index (χ4v) is 3.05. The second kappa shape index (κ2) is 8.13. The molecule has 0 saturated heterocycles. The van der Waals surface area contributed by atoms with E-state index in [1.165, 1.54) is 0 Å². The molecule has 0 unspecified atom stereocenters. The smallest absolute Gasteiger partial charge is 0.230 e. The summed E-state index contributed by atoms with van der Waals surface area (Å²) in [6.45, 7) is 0.510. The van der Waals surface area contributed by atoms with Crippen LogP contribution in [0.3, 0.4) is 0 Å². The second-order valence-corrected chi connectivity index (χ2v) is 6.81. The lowest BCUT2D eigenvalue weighted by Crippen LogP contribution is -2.31. The number of methoxy groups -OCH3 is 1. The minimum atomic E-state index is 0.140. The number of ether oxygens (including phenoxy) is 2. The summed E-state index contributed by atoms with van der Waals surface area (Å²) in [5.41, 5.74) is 1.86. The lowest BCUT2D eigenvalue weighted by atomic mass is 10.2. The van der Waals surface area contributed by atoms with Crippen LogP contribution in [0.5, 0.6) is 17.2 Å². The number of nitrogens with zero attached hydrogens (tertiary/aromatic N) is 2. The zero-order valence-corrected chi connectivity index (χ0v) is 15.7. The van der Waals surface area contributed by atoms with E-state index in [1.807, 2.05) is 65.6 Å². The molecule has 0 aliphatic heterocycles. The predicted molar refractivity (Wildman–Crippen MR) is 108 cm³/mol. The summed E-state index contributed by atoms with van der Waals surface area (Å²) in [4.78, 5) is 18.8. The molecular formula is C23H22N2O3. The Labute approximate surface area is 164 Å². The molecule has 0 atom stereocenters. The third-order valence-corrected chi connectivity index (χ3v) is 4.70. The Balaban J connectivity index is 1.54. The molecule has 0 radical (unpaired) electrons. The molecule has 0 bridgehead atoms. The van der Waals surface area contributed by atoms with Gasteiger partial charge in [-0.3, -0.25) is 9.78 Å². The number of pyridine rings is 1. The van der Waals surface area contributed by atoms with Crippen LogP contribution < -0.4 is 14.4 Å². The van der Waals surface area contributed by atoms with Crippen LogP contribution >= 0.6 is 0 Å². The van der Waals surface area contributed by atoms with E-state index < -0.39 is 0 Å². The molecule has 1 amide bonds. The van der Waals surface area contributed by atoms with Gasteiger partial charge in [0.05, 0.1) is 13.7 Å². The highest BCUT2D eigenvalue weighted by Crippen LogP contribution is 2.35. The third-order valence-electron chi connectivity index (χ3n) is 4.70. The Kier molecular flexibility index (Phi) is 5.24. The van der Waals surface area contributed by atoms with Crippen molar-refractivity contribution in [2.45, 2.75) is 19.4 Å². The summed E-state index contributed by atoms with van der Waals surface area (Å²) in [6, 6.07) is 19.0. The van der Waals surface area contributed by atoms with Gasteiger partial charge in [-0.25, -0.2) is 0 Å². The normalized spacial score (nSPS) is 13.0. The minimum Gasteiger partial charge on any atom is -0.493 e. The molecule has 1 saturated carbocycles. The van der Waals surface area contributed by atoms with Crippen molar-refractivity contribution in [2.75, 3.05) is 12.0 Å². The molecule has 1 aliphatic carbocycles. The lowest BCUT2D eigenvalue weighted by Gasteiger charge is -2.23. The summed E-state index contributed by atoms with van der Waals surface area (Å²) in [6.07, 6.45) is 5.47. The van der Waals surface area contributed by atoms with Gasteiger partial charge in [-0.05, 0) is 60.9 Å². The number of aromatic nitrogens is 1. The van der Waals surface area contributed by atoms with Crippen molar-refractivity contribution in [2.24, 2.45) is 5.92 Å². The number of carbonyl (C=O) groups is 1. The Morgan fingerprint density at radius 3 is 2.43 bits per heavy atom. The number of amides is 1. The van der Waals surface area contributed by atoms with Crippen LogP contribution in [0.4, 0.5) is 5.69 Å². The van der Waals surface area contributed by atoms with Gasteiger partial charge in [0.15, 0.2) is 11.5 Å². The summed E-state index contributed by atoms with van der Waals surface area (Å²) in [5, 5.41) is 0. The van der Waals surface area contributed by atoms with Crippen molar-refractivity contribution in [3.8, 4) is 17.2 Å². The number of hydrogen-bond donors (Lipinski definition) is 0. The van der Waals surface area contributed by atoms with E-state index in [9.17, 15) is 4.79 Å². The van der Waals surface area contributed by atoms with Crippen molar-refractivity contribution >= 4 is 11.6 Å². The molecular weight excluding hydrogens is 352 g/mol. The minimum absolute atomic E-state index is 0.140. The van der Waals surface area contributed by atoms with Gasteiger partial charge in [-0.1, -0.05) is 18.2 Å². The third kappa shape index (κ3) is 4.14. The molecule has 0 spiro atoms. The number of carbonyl (C=O) groups excluding carboxylic acids is 1. The molecule has 142 valence electrons. The number of rotatable bonds is 7. The van der Waals surface area contributed by atoms with Gasteiger partial charge < -0.3 is 14.4 Å². The van der Waals surface area contributed by atoms with Crippen molar-refractivity contribution in [3.05, 3.63) is 78.6 Å². The van der Waals surface area contributed by atoms with Crippen LogP contribution in [0.1, 0.15) is 18.4 Å². The maximum absolute atomic E-state index is 12.8. The fourth-order valence-electron chi connectivity index (χ4n) is 3.05. The van der Waals surface area contributed by atoms with E-state index in [2.05, 4.69) is 4.98 Å². The molecule has 4 rings (SSSR count). The first-order valence-corrected chi connectivity index (χ1v) is 9.36. The van der Waals surface area contributed by atoms with Crippen LogP contribution in [0, 0.1) is 5.92 Å². The average Bonchev–Trinajstić information content (AvgIpc) is 3.59. The van der Waals surface area contributed by atoms with Crippen LogP contribution in [0.15, 0.2) is 73.1 Å². The molecule has 1 fully saturated rings. The van der Waals surface area contributed by atoms with E-state index in [0.717, 1.165) is 24.1 Å². The molecule has 1 aromatic heterocycles. The van der Waals surface area contributed by atoms with Crippen LogP contribution in [-0.2, 0) is 11.3 Å². The highest BCUT2D eigenvalue weighted by atomic mass is 16.5. The van der Waals surface area contributed by atoms with Gasteiger partial charge in [0.2, 0.25) is 5.91 Å². The second-order valence-electron chi connectivity index (χ2n) is 6.81. The topological polar surface area (TPSA) is 51.7 Å².